The van der Waals surface area contributed by atoms with E-state index in [-0.39, 0.29) is 16.9 Å². The van der Waals surface area contributed by atoms with E-state index in [1.54, 1.807) is 7.11 Å². The summed E-state index contributed by atoms with van der Waals surface area (Å²) in [5.41, 5.74) is 1.09. The van der Waals surface area contributed by atoms with Gasteiger partial charge in [0.05, 0.1) is 31.8 Å². The van der Waals surface area contributed by atoms with Crippen LogP contribution < -0.4 is 4.74 Å². The number of hydrogen-bond acceptors (Lipinski definition) is 3. The smallest absolute Gasteiger partial charge is 0.192 e. The van der Waals surface area contributed by atoms with Gasteiger partial charge in [-0.2, -0.15) is 0 Å². The van der Waals surface area contributed by atoms with Gasteiger partial charge >= 0.3 is 0 Å². The van der Waals surface area contributed by atoms with Crippen LogP contribution in [0.25, 0.3) is 0 Å². The number of ether oxygens (including phenoxy) is 2. The van der Waals surface area contributed by atoms with E-state index in [1.165, 1.54) is 0 Å². The maximum absolute atomic E-state index is 6.95. The number of methoxy groups -OCH3 is 1. The van der Waals surface area contributed by atoms with E-state index >= 15 is 0 Å². The third kappa shape index (κ3) is 15.4. The van der Waals surface area contributed by atoms with Crippen LogP contribution in [-0.4, -0.2) is 43.2 Å². The lowest BCUT2D eigenvalue weighted by atomic mass is 10.1. The molecule has 0 spiro atoms. The molecule has 3 atom stereocenters. The zero-order chi connectivity index (χ0) is 27.7. The molecule has 0 amide bonds. The highest BCUT2D eigenvalue weighted by atomic mass is 35.5. The Morgan fingerprint density at radius 2 is 1.57 bits per heavy atom. The highest BCUT2D eigenvalue weighted by molar-refractivity contribution is 6.73. The van der Waals surface area contributed by atoms with Gasteiger partial charge in [-0.25, -0.2) is 0 Å². The van der Waals surface area contributed by atoms with Crippen LogP contribution in [-0.2, 0) is 15.8 Å². The van der Waals surface area contributed by atoms with E-state index in [2.05, 4.69) is 32.9 Å². The van der Waals surface area contributed by atoms with Crippen molar-refractivity contribution < 1.29 is 13.9 Å². The molecule has 0 bridgehead atoms. The van der Waals surface area contributed by atoms with Crippen LogP contribution in [0, 0.1) is 0 Å². The van der Waals surface area contributed by atoms with Crippen LogP contribution in [0.2, 0.25) is 18.1 Å². The number of alkyl halides is 4. The number of allylic oxidation sites excluding steroid dienone is 2. The van der Waals surface area contributed by atoms with Crippen molar-refractivity contribution in [3.63, 3.8) is 0 Å². The predicted octanol–water partition coefficient (Wildman–Crippen LogP) is 10.3. The highest BCUT2D eigenvalue weighted by Gasteiger charge is 2.35. The first kappa shape index (κ1) is 35.1. The quantitative estimate of drug-likeness (QED) is 0.0597. The van der Waals surface area contributed by atoms with E-state index in [0.717, 1.165) is 68.0 Å². The maximum Gasteiger partial charge on any atom is 0.192 e. The van der Waals surface area contributed by atoms with Crippen LogP contribution in [0.4, 0.5) is 0 Å². The summed E-state index contributed by atoms with van der Waals surface area (Å²) >= 11 is 25.7. The zero-order valence-corrected chi connectivity index (χ0v) is 27.4. The van der Waals surface area contributed by atoms with Gasteiger partial charge in [0.15, 0.2) is 8.32 Å². The van der Waals surface area contributed by atoms with Crippen LogP contribution in [0.1, 0.15) is 78.2 Å². The average molecular weight is 615 g/mol. The van der Waals surface area contributed by atoms with Gasteiger partial charge in [0.25, 0.3) is 0 Å². The second-order valence-corrected chi connectivity index (χ2v) is 17.7. The van der Waals surface area contributed by atoms with Gasteiger partial charge < -0.3 is 13.9 Å². The molecule has 214 valence electrons. The van der Waals surface area contributed by atoms with Crippen molar-refractivity contribution in [1.82, 2.24) is 0 Å². The summed E-state index contributed by atoms with van der Waals surface area (Å²) in [6.45, 7) is 9.52. The Kier molecular flexibility index (Phi) is 18.2. The molecule has 0 saturated heterocycles. The van der Waals surface area contributed by atoms with Gasteiger partial charge in [-0.05, 0) is 81.3 Å². The topological polar surface area (TPSA) is 27.7 Å². The molecule has 1 aromatic rings. The fraction of sp³-hybridized carbons (Fsp3) is 0.724. The van der Waals surface area contributed by atoms with E-state index < -0.39 is 12.7 Å². The normalized spacial score (nSPS) is 15.2. The van der Waals surface area contributed by atoms with Crippen molar-refractivity contribution in [2.45, 2.75) is 119 Å². The fourth-order valence-electron chi connectivity index (χ4n) is 4.27. The molecule has 0 N–H and O–H groups in total. The molecule has 0 heterocycles. The summed E-state index contributed by atoms with van der Waals surface area (Å²) in [5.74, 6) is 0.837. The van der Waals surface area contributed by atoms with Crippen LogP contribution >= 0.6 is 46.4 Å². The van der Waals surface area contributed by atoms with Gasteiger partial charge in [0, 0.05) is 5.38 Å². The molecule has 0 fully saturated rings. The standard InChI is InChI=1S/C29H48Cl4O3Si/c1-6-37(7-2,8-3)36-28(23-35-22-24-16-18-26(34-5)19-17-24)27(31)21-25(30)15-13-11-9-10-12-14-20-29(4,32)33/h9,11,16-19,25,27-28H,6-8,10,12-15,20-23H2,1-5H3/b11-9-/t25-,27+,28-/m0/s1. The molecule has 8 heteroatoms. The molecule has 0 aliphatic rings. The second kappa shape index (κ2) is 19.2. The van der Waals surface area contributed by atoms with E-state index in [9.17, 15) is 0 Å². The number of rotatable bonds is 21. The minimum atomic E-state index is -1.85. The van der Waals surface area contributed by atoms with Crippen molar-refractivity contribution >= 4 is 54.7 Å². The Morgan fingerprint density at radius 3 is 2.14 bits per heavy atom. The van der Waals surface area contributed by atoms with Crippen molar-refractivity contribution in [1.29, 1.82) is 0 Å². The Balaban J connectivity index is 2.58. The minimum absolute atomic E-state index is 0.00557. The molecule has 0 unspecified atom stereocenters. The van der Waals surface area contributed by atoms with E-state index in [4.69, 9.17) is 60.3 Å². The lowest BCUT2D eigenvalue weighted by molar-refractivity contribution is 0.0326. The first-order valence-electron chi connectivity index (χ1n) is 13.8. The Morgan fingerprint density at radius 1 is 0.946 bits per heavy atom. The molecule has 37 heavy (non-hydrogen) atoms. The molecular formula is C29H48Cl4O3Si. The number of halogens is 4. The van der Waals surface area contributed by atoms with E-state index in [1.807, 2.05) is 31.2 Å². The predicted molar refractivity (Wildman–Crippen MR) is 166 cm³/mol. The molecule has 0 aromatic heterocycles. The van der Waals surface area contributed by atoms with Crippen LogP contribution in [0.5, 0.6) is 5.75 Å². The average Bonchev–Trinajstić information content (AvgIpc) is 2.87. The molecule has 0 radical (unpaired) electrons. The number of unbranched alkanes of at least 4 members (excludes halogenated alkanes) is 2. The Labute approximate surface area is 247 Å². The summed E-state index contributed by atoms with van der Waals surface area (Å²) in [7, 11) is -0.179. The first-order valence-corrected chi connectivity index (χ1v) is 17.9. The van der Waals surface area contributed by atoms with Gasteiger partial charge in [-0.3, -0.25) is 0 Å². The first-order chi connectivity index (χ1) is 17.6. The molecule has 0 aliphatic heterocycles. The highest BCUT2D eigenvalue weighted by Crippen LogP contribution is 2.29. The van der Waals surface area contributed by atoms with Gasteiger partial charge in [0.2, 0.25) is 0 Å². The van der Waals surface area contributed by atoms with Gasteiger partial charge in [0.1, 0.15) is 10.1 Å². The summed E-state index contributed by atoms with van der Waals surface area (Å²) in [5, 5.41) is -0.201. The van der Waals surface area contributed by atoms with Gasteiger partial charge in [-0.1, -0.05) is 51.5 Å². The summed E-state index contributed by atoms with van der Waals surface area (Å²) in [6, 6.07) is 11.1. The van der Waals surface area contributed by atoms with Crippen molar-refractivity contribution in [2.24, 2.45) is 0 Å². The van der Waals surface area contributed by atoms with Crippen LogP contribution in [0.3, 0.4) is 0 Å². The largest absolute Gasteiger partial charge is 0.497 e. The zero-order valence-electron chi connectivity index (χ0n) is 23.4. The third-order valence-electron chi connectivity index (χ3n) is 6.98. The number of benzene rings is 1. The Bertz CT molecular complexity index is 727. The van der Waals surface area contributed by atoms with Gasteiger partial charge in [-0.15, -0.1) is 46.4 Å². The lowest BCUT2D eigenvalue weighted by Crippen LogP contribution is -2.45. The molecule has 1 aromatic carbocycles. The van der Waals surface area contributed by atoms with Crippen molar-refractivity contribution in [3.8, 4) is 5.75 Å². The van der Waals surface area contributed by atoms with Crippen LogP contribution in [0.15, 0.2) is 36.4 Å². The summed E-state index contributed by atoms with van der Waals surface area (Å²) in [4.78, 5) is 0. The SMILES string of the molecule is CC[Si](CC)(CC)O[C@@H](COCc1ccc(OC)cc1)[C@H](Cl)C[C@@H](Cl)CC/C=C\CCCCC(C)(Cl)Cl. The van der Waals surface area contributed by atoms with Crippen molar-refractivity contribution in [2.75, 3.05) is 13.7 Å². The van der Waals surface area contributed by atoms with Crippen molar-refractivity contribution in [3.05, 3.63) is 42.0 Å². The second-order valence-electron chi connectivity index (χ2n) is 9.98. The molecular weight excluding hydrogens is 566 g/mol. The molecule has 1 rings (SSSR count). The fourth-order valence-corrected chi connectivity index (χ4v) is 8.25. The third-order valence-corrected chi connectivity index (χ3v) is 12.9. The monoisotopic (exact) mass is 612 g/mol. The number of hydrogen-bond donors (Lipinski definition) is 0. The minimum Gasteiger partial charge on any atom is -0.497 e. The summed E-state index contributed by atoms with van der Waals surface area (Å²) in [6.07, 6.45) is 10.8. The summed E-state index contributed by atoms with van der Waals surface area (Å²) < 4.78 is 17.5. The lowest BCUT2D eigenvalue weighted by Gasteiger charge is -2.35. The molecule has 0 saturated carbocycles. The molecule has 3 nitrogen and oxygen atoms in total. The molecule has 0 aliphatic carbocycles. The maximum atomic E-state index is 6.95. The van der Waals surface area contributed by atoms with E-state index in [0.29, 0.717) is 19.6 Å². The Hall–Kier alpha value is 0.0569.